The maximum Gasteiger partial charge on any atom is 0.341 e. The van der Waals surface area contributed by atoms with Crippen molar-refractivity contribution in [2.24, 2.45) is 0 Å². The average molecular weight is 382 g/mol. The zero-order valence-electron chi connectivity index (χ0n) is 15.0. The van der Waals surface area contributed by atoms with Gasteiger partial charge in [-0.25, -0.2) is 4.79 Å². The van der Waals surface area contributed by atoms with E-state index in [1.807, 2.05) is 18.5 Å². The summed E-state index contributed by atoms with van der Waals surface area (Å²) in [6.07, 6.45) is 0. The van der Waals surface area contributed by atoms with Gasteiger partial charge in [0, 0.05) is 10.4 Å². The molecule has 2 rings (SSSR count). The van der Waals surface area contributed by atoms with Crippen LogP contribution in [0, 0.1) is 0 Å². The minimum Gasteiger partial charge on any atom is -0.462 e. The zero-order valence-corrected chi connectivity index (χ0v) is 16.7. The van der Waals surface area contributed by atoms with Gasteiger partial charge in [0.25, 0.3) is 5.91 Å². The molecule has 0 bridgehead atoms. The molecule has 0 aliphatic heterocycles. The topological polar surface area (TPSA) is 59.8 Å². The predicted molar refractivity (Wildman–Crippen MR) is 103 cm³/mol. The lowest BCUT2D eigenvalue weighted by Crippen LogP contribution is -3.08. The number of hydrogen-bond donors (Lipinski definition) is 2. The van der Waals surface area contributed by atoms with Crippen LogP contribution in [0.15, 0.2) is 22.9 Å². The molecule has 1 unspecified atom stereocenters. The van der Waals surface area contributed by atoms with Crippen LogP contribution in [0.2, 0.25) is 0 Å². The number of quaternary nitrogens is 1. The first kappa shape index (κ1) is 19.6. The van der Waals surface area contributed by atoms with E-state index in [-0.39, 0.29) is 17.8 Å². The lowest BCUT2D eigenvalue weighted by molar-refractivity contribution is -0.885. The van der Waals surface area contributed by atoms with Gasteiger partial charge < -0.3 is 15.0 Å². The van der Waals surface area contributed by atoms with Crippen molar-refractivity contribution in [2.45, 2.75) is 33.2 Å². The SMILES string of the molecule is CCOC(=O)c1cc(C(C)C)sc1NC(=O)C[NH+](C)Cc1ccsc1. The second-order valence-electron chi connectivity index (χ2n) is 6.26. The Hall–Kier alpha value is -1.70. The highest BCUT2D eigenvalue weighted by molar-refractivity contribution is 7.16. The van der Waals surface area contributed by atoms with Gasteiger partial charge in [0.05, 0.1) is 19.2 Å². The molecule has 2 heterocycles. The summed E-state index contributed by atoms with van der Waals surface area (Å²) in [6, 6.07) is 3.89. The number of rotatable bonds is 8. The quantitative estimate of drug-likeness (QED) is 0.691. The lowest BCUT2D eigenvalue weighted by atomic mass is 10.1. The highest BCUT2D eigenvalue weighted by atomic mass is 32.1. The summed E-state index contributed by atoms with van der Waals surface area (Å²) < 4.78 is 5.11. The van der Waals surface area contributed by atoms with Crippen molar-refractivity contribution in [3.05, 3.63) is 38.9 Å². The monoisotopic (exact) mass is 381 g/mol. The smallest absolute Gasteiger partial charge is 0.341 e. The molecule has 0 fully saturated rings. The molecule has 0 spiro atoms. The second-order valence-corrected chi connectivity index (χ2v) is 8.12. The molecule has 0 aromatic carbocycles. The molecule has 136 valence electrons. The number of ether oxygens (including phenoxy) is 1. The highest BCUT2D eigenvalue weighted by Gasteiger charge is 2.21. The predicted octanol–water partition coefficient (Wildman–Crippen LogP) is 2.76. The first-order valence-electron chi connectivity index (χ1n) is 8.33. The van der Waals surface area contributed by atoms with E-state index in [9.17, 15) is 9.59 Å². The summed E-state index contributed by atoms with van der Waals surface area (Å²) in [5.74, 6) is -0.203. The number of esters is 1. The third-order valence-electron chi connectivity index (χ3n) is 3.62. The minimum absolute atomic E-state index is 0.101. The van der Waals surface area contributed by atoms with Crippen molar-refractivity contribution in [3.63, 3.8) is 0 Å². The molecule has 0 aliphatic rings. The third kappa shape index (κ3) is 5.66. The fraction of sp³-hybridized carbons (Fsp3) is 0.444. The van der Waals surface area contributed by atoms with E-state index < -0.39 is 0 Å². The number of nitrogens with one attached hydrogen (secondary N) is 2. The first-order chi connectivity index (χ1) is 11.9. The number of carbonyl (C=O) groups is 2. The summed E-state index contributed by atoms with van der Waals surface area (Å²) in [4.78, 5) is 26.7. The Balaban J connectivity index is 2.04. The second kappa shape index (κ2) is 9.12. The van der Waals surface area contributed by atoms with Gasteiger partial charge in [-0.3, -0.25) is 4.79 Å². The Bertz CT molecular complexity index is 708. The van der Waals surface area contributed by atoms with E-state index in [2.05, 4.69) is 30.6 Å². The molecule has 0 saturated heterocycles. The van der Waals surface area contributed by atoms with Crippen LogP contribution in [0.5, 0.6) is 0 Å². The Kier molecular flexibility index (Phi) is 7.16. The van der Waals surface area contributed by atoms with Gasteiger partial charge in [0.2, 0.25) is 0 Å². The van der Waals surface area contributed by atoms with Crippen molar-refractivity contribution in [2.75, 3.05) is 25.5 Å². The summed E-state index contributed by atoms with van der Waals surface area (Å²) >= 11 is 3.10. The fourth-order valence-electron chi connectivity index (χ4n) is 2.40. The molecule has 25 heavy (non-hydrogen) atoms. The van der Waals surface area contributed by atoms with Crippen LogP contribution in [0.4, 0.5) is 5.00 Å². The molecule has 0 aliphatic carbocycles. The standard InChI is InChI=1S/C18H24N2O3S2/c1-5-23-18(22)14-8-15(12(2)3)25-17(14)19-16(21)10-20(4)9-13-6-7-24-11-13/h6-8,11-12H,5,9-10H2,1-4H3,(H,19,21)/p+1. The molecular formula is C18H25N2O3S2+. The number of anilines is 1. The number of thiophene rings is 2. The molecule has 1 amide bonds. The molecule has 5 nitrogen and oxygen atoms in total. The van der Waals surface area contributed by atoms with Gasteiger partial charge >= 0.3 is 5.97 Å². The highest BCUT2D eigenvalue weighted by Crippen LogP contribution is 2.33. The van der Waals surface area contributed by atoms with Gasteiger partial charge in [-0.05, 0) is 35.7 Å². The van der Waals surface area contributed by atoms with Crippen LogP contribution in [0.25, 0.3) is 0 Å². The lowest BCUT2D eigenvalue weighted by Gasteiger charge is -2.13. The number of carbonyl (C=O) groups excluding carboxylic acids is 2. The Morgan fingerprint density at radius 2 is 2.12 bits per heavy atom. The molecular weight excluding hydrogens is 356 g/mol. The van der Waals surface area contributed by atoms with Crippen molar-refractivity contribution in [3.8, 4) is 0 Å². The van der Waals surface area contributed by atoms with Gasteiger partial charge in [0.15, 0.2) is 6.54 Å². The Morgan fingerprint density at radius 3 is 2.72 bits per heavy atom. The van der Waals surface area contributed by atoms with Gasteiger partial charge in [0.1, 0.15) is 11.5 Å². The molecule has 1 atom stereocenters. The fourth-order valence-corrected chi connectivity index (χ4v) is 4.13. The molecule has 2 aromatic rings. The van der Waals surface area contributed by atoms with Crippen LogP contribution in [0.1, 0.15) is 47.5 Å². The van der Waals surface area contributed by atoms with E-state index in [0.717, 1.165) is 16.3 Å². The van der Waals surface area contributed by atoms with Gasteiger partial charge in [-0.1, -0.05) is 13.8 Å². The van der Waals surface area contributed by atoms with Crippen LogP contribution < -0.4 is 10.2 Å². The Labute approximate surface area is 156 Å². The largest absolute Gasteiger partial charge is 0.462 e. The van der Waals surface area contributed by atoms with Crippen LogP contribution in [-0.4, -0.2) is 32.1 Å². The normalized spacial score (nSPS) is 12.2. The molecule has 7 heteroatoms. The first-order valence-corrected chi connectivity index (χ1v) is 10.1. The molecule has 2 aromatic heterocycles. The maximum absolute atomic E-state index is 12.4. The summed E-state index contributed by atoms with van der Waals surface area (Å²) in [7, 11) is 1.98. The van der Waals surface area contributed by atoms with Crippen molar-refractivity contribution in [1.29, 1.82) is 0 Å². The van der Waals surface area contributed by atoms with Crippen molar-refractivity contribution in [1.82, 2.24) is 0 Å². The zero-order chi connectivity index (χ0) is 18.4. The van der Waals surface area contributed by atoms with E-state index in [0.29, 0.717) is 23.7 Å². The number of likely N-dealkylation sites (N-methyl/N-ethyl adjacent to an activating group) is 1. The average Bonchev–Trinajstić information content (AvgIpc) is 3.16. The maximum atomic E-state index is 12.4. The van der Waals surface area contributed by atoms with Crippen LogP contribution >= 0.6 is 22.7 Å². The number of amides is 1. The summed E-state index contributed by atoms with van der Waals surface area (Å²) in [5, 5.41) is 7.60. The third-order valence-corrected chi connectivity index (χ3v) is 5.70. The summed E-state index contributed by atoms with van der Waals surface area (Å²) in [5.41, 5.74) is 1.67. The van der Waals surface area contributed by atoms with E-state index in [1.165, 1.54) is 16.9 Å². The van der Waals surface area contributed by atoms with Crippen molar-refractivity contribution < 1.29 is 19.2 Å². The molecule has 2 N–H and O–H groups in total. The molecule has 0 saturated carbocycles. The van der Waals surface area contributed by atoms with Gasteiger partial charge in [-0.15, -0.1) is 11.3 Å². The number of hydrogen-bond acceptors (Lipinski definition) is 5. The Morgan fingerprint density at radius 1 is 1.36 bits per heavy atom. The van der Waals surface area contributed by atoms with Crippen LogP contribution in [-0.2, 0) is 16.1 Å². The van der Waals surface area contributed by atoms with E-state index in [1.54, 1.807) is 18.3 Å². The van der Waals surface area contributed by atoms with E-state index >= 15 is 0 Å². The van der Waals surface area contributed by atoms with Gasteiger partial charge in [-0.2, -0.15) is 11.3 Å². The molecule has 0 radical (unpaired) electrons. The van der Waals surface area contributed by atoms with Crippen molar-refractivity contribution >= 4 is 39.6 Å². The van der Waals surface area contributed by atoms with E-state index in [4.69, 9.17) is 4.74 Å². The summed E-state index contributed by atoms with van der Waals surface area (Å²) in [6.45, 7) is 7.34. The van der Waals surface area contributed by atoms with Crippen LogP contribution in [0.3, 0.4) is 0 Å². The minimum atomic E-state index is -0.389.